The summed E-state index contributed by atoms with van der Waals surface area (Å²) in [6, 6.07) is 21.8. The lowest BCUT2D eigenvalue weighted by Gasteiger charge is -2.25. The molecule has 0 aromatic heterocycles. The van der Waals surface area contributed by atoms with E-state index in [2.05, 4.69) is 18.2 Å². The van der Waals surface area contributed by atoms with Gasteiger partial charge in [-0.1, -0.05) is 48.5 Å². The van der Waals surface area contributed by atoms with Gasteiger partial charge in [-0.15, -0.1) is 0 Å². The van der Waals surface area contributed by atoms with Crippen molar-refractivity contribution in [2.45, 2.75) is 6.92 Å². The highest BCUT2D eigenvalue weighted by atomic mass is 16.5. The van der Waals surface area contributed by atoms with Gasteiger partial charge in [0.25, 0.3) is 0 Å². The number of ether oxygens (including phenoxy) is 2. The number of amides is 1. The lowest BCUT2D eigenvalue weighted by molar-refractivity contribution is -0.119. The summed E-state index contributed by atoms with van der Waals surface area (Å²) in [6.45, 7) is 4.07. The number of fused-ring (bicyclic) bond motifs is 1. The van der Waals surface area contributed by atoms with Gasteiger partial charge in [0.15, 0.2) is 11.5 Å². The van der Waals surface area contributed by atoms with E-state index in [1.165, 1.54) is 0 Å². The van der Waals surface area contributed by atoms with Crippen molar-refractivity contribution >= 4 is 22.4 Å². The molecular formula is C24H28N2O3. The summed E-state index contributed by atoms with van der Waals surface area (Å²) in [6.07, 6.45) is 0. The topological polar surface area (TPSA) is 42.0 Å². The van der Waals surface area contributed by atoms with Gasteiger partial charge in [-0.05, 0) is 37.6 Å². The van der Waals surface area contributed by atoms with E-state index in [1.807, 2.05) is 72.3 Å². The number of carbonyl (C=O) groups is 1. The second-order valence-electron chi connectivity index (χ2n) is 6.87. The molecule has 3 aromatic carbocycles. The van der Waals surface area contributed by atoms with Crippen LogP contribution in [0.25, 0.3) is 10.8 Å². The molecule has 0 fully saturated rings. The Morgan fingerprint density at radius 3 is 2.38 bits per heavy atom. The van der Waals surface area contributed by atoms with E-state index in [1.54, 1.807) is 7.11 Å². The Bertz CT molecular complexity index is 952. The molecule has 0 N–H and O–H groups in total. The van der Waals surface area contributed by atoms with E-state index in [9.17, 15) is 4.79 Å². The van der Waals surface area contributed by atoms with Crippen molar-refractivity contribution in [1.82, 2.24) is 4.90 Å². The standard InChI is InChI=1S/C24H28N2O3/c1-4-26(21-13-9-11-19-10-5-6-12-20(19)21)24(27)18-25(2)16-17-29-23-15-8-7-14-22(23)28-3/h5-15H,4,16-18H2,1-3H3. The molecule has 0 aliphatic carbocycles. The van der Waals surface area contributed by atoms with Crippen molar-refractivity contribution in [2.75, 3.05) is 45.3 Å². The lowest BCUT2D eigenvalue weighted by Crippen LogP contribution is -2.40. The van der Waals surface area contributed by atoms with Crippen LogP contribution in [0, 0.1) is 0 Å². The van der Waals surface area contributed by atoms with Crippen LogP contribution in [-0.4, -0.2) is 51.2 Å². The zero-order chi connectivity index (χ0) is 20.6. The number of nitrogens with zero attached hydrogens (tertiary/aromatic N) is 2. The van der Waals surface area contributed by atoms with Gasteiger partial charge < -0.3 is 14.4 Å². The van der Waals surface area contributed by atoms with Crippen LogP contribution in [0.3, 0.4) is 0 Å². The maximum Gasteiger partial charge on any atom is 0.241 e. The molecule has 0 unspecified atom stereocenters. The highest BCUT2D eigenvalue weighted by molar-refractivity contribution is 6.04. The van der Waals surface area contributed by atoms with E-state index < -0.39 is 0 Å². The Kier molecular flexibility index (Phi) is 7.09. The molecule has 0 saturated heterocycles. The first-order valence-corrected chi connectivity index (χ1v) is 9.86. The predicted octanol–water partition coefficient (Wildman–Crippen LogP) is 4.21. The molecule has 0 spiro atoms. The maximum absolute atomic E-state index is 13.0. The zero-order valence-electron chi connectivity index (χ0n) is 17.3. The Morgan fingerprint density at radius 2 is 1.62 bits per heavy atom. The van der Waals surface area contributed by atoms with Gasteiger partial charge in [0, 0.05) is 18.5 Å². The predicted molar refractivity (Wildman–Crippen MR) is 118 cm³/mol. The Morgan fingerprint density at radius 1 is 0.931 bits per heavy atom. The van der Waals surface area contributed by atoms with E-state index in [-0.39, 0.29) is 5.91 Å². The smallest absolute Gasteiger partial charge is 0.241 e. The van der Waals surface area contributed by atoms with Crippen molar-refractivity contribution in [3.63, 3.8) is 0 Å². The average molecular weight is 392 g/mol. The first-order chi connectivity index (χ1) is 14.1. The van der Waals surface area contributed by atoms with Crippen LogP contribution in [0.5, 0.6) is 11.5 Å². The number of methoxy groups -OCH3 is 1. The van der Waals surface area contributed by atoms with Gasteiger partial charge in [0.2, 0.25) is 5.91 Å². The molecule has 0 heterocycles. The van der Waals surface area contributed by atoms with Gasteiger partial charge in [0.05, 0.1) is 19.3 Å². The van der Waals surface area contributed by atoms with Gasteiger partial charge in [-0.2, -0.15) is 0 Å². The largest absolute Gasteiger partial charge is 0.493 e. The number of hydrogen-bond acceptors (Lipinski definition) is 4. The van der Waals surface area contributed by atoms with Crippen molar-refractivity contribution in [3.05, 3.63) is 66.7 Å². The molecule has 1 amide bonds. The maximum atomic E-state index is 13.0. The van der Waals surface area contributed by atoms with Gasteiger partial charge >= 0.3 is 0 Å². The van der Waals surface area contributed by atoms with Crippen LogP contribution >= 0.6 is 0 Å². The quantitative estimate of drug-likeness (QED) is 0.547. The molecule has 0 atom stereocenters. The van der Waals surface area contributed by atoms with E-state index >= 15 is 0 Å². The average Bonchev–Trinajstić information content (AvgIpc) is 2.74. The van der Waals surface area contributed by atoms with Crippen LogP contribution in [0.2, 0.25) is 0 Å². The van der Waals surface area contributed by atoms with E-state index in [4.69, 9.17) is 9.47 Å². The molecule has 3 aromatic rings. The number of carbonyl (C=O) groups excluding carboxylic acids is 1. The minimum absolute atomic E-state index is 0.0728. The SMILES string of the molecule is CCN(C(=O)CN(C)CCOc1ccccc1OC)c1cccc2ccccc12. The van der Waals surface area contributed by atoms with Crippen molar-refractivity contribution in [3.8, 4) is 11.5 Å². The van der Waals surface area contributed by atoms with Crippen molar-refractivity contribution in [1.29, 1.82) is 0 Å². The molecule has 0 radical (unpaired) electrons. The third-order valence-electron chi connectivity index (χ3n) is 4.88. The fourth-order valence-electron chi connectivity index (χ4n) is 3.37. The molecule has 3 rings (SSSR count). The van der Waals surface area contributed by atoms with Crippen LogP contribution in [0.4, 0.5) is 5.69 Å². The molecule has 0 saturated carbocycles. The first kappa shape index (κ1) is 20.7. The van der Waals surface area contributed by atoms with Crippen LogP contribution in [0.1, 0.15) is 6.92 Å². The minimum Gasteiger partial charge on any atom is -0.493 e. The first-order valence-electron chi connectivity index (χ1n) is 9.86. The van der Waals surface area contributed by atoms with Crippen LogP contribution in [-0.2, 0) is 4.79 Å². The van der Waals surface area contributed by atoms with Crippen LogP contribution < -0.4 is 14.4 Å². The third kappa shape index (κ3) is 5.06. The molecule has 0 aliphatic heterocycles. The summed E-state index contributed by atoms with van der Waals surface area (Å²) in [5, 5.41) is 2.22. The van der Waals surface area contributed by atoms with Crippen molar-refractivity contribution < 1.29 is 14.3 Å². The highest BCUT2D eigenvalue weighted by Crippen LogP contribution is 2.27. The molecular weight excluding hydrogens is 364 g/mol. The van der Waals surface area contributed by atoms with Gasteiger partial charge in [-0.25, -0.2) is 0 Å². The number of rotatable bonds is 9. The third-order valence-corrected chi connectivity index (χ3v) is 4.88. The van der Waals surface area contributed by atoms with Gasteiger partial charge in [0.1, 0.15) is 6.61 Å². The zero-order valence-corrected chi connectivity index (χ0v) is 17.3. The van der Waals surface area contributed by atoms with Crippen molar-refractivity contribution in [2.24, 2.45) is 0 Å². The number of anilines is 1. The molecule has 5 heteroatoms. The number of benzene rings is 3. The monoisotopic (exact) mass is 392 g/mol. The second kappa shape index (κ2) is 9.94. The summed E-state index contributed by atoms with van der Waals surface area (Å²) in [5.41, 5.74) is 0.953. The van der Waals surface area contributed by atoms with E-state index in [0.717, 1.165) is 16.5 Å². The highest BCUT2D eigenvalue weighted by Gasteiger charge is 2.18. The normalized spacial score (nSPS) is 10.9. The Labute approximate surface area is 172 Å². The van der Waals surface area contributed by atoms with Crippen LogP contribution in [0.15, 0.2) is 66.7 Å². The summed E-state index contributed by atoms with van der Waals surface area (Å²) in [4.78, 5) is 16.8. The summed E-state index contributed by atoms with van der Waals surface area (Å²) in [7, 11) is 3.56. The Balaban J connectivity index is 1.60. The second-order valence-corrected chi connectivity index (χ2v) is 6.87. The molecule has 0 bridgehead atoms. The Hall–Kier alpha value is -3.05. The number of likely N-dealkylation sites (N-methyl/N-ethyl adjacent to an activating group) is 2. The molecule has 5 nitrogen and oxygen atoms in total. The number of para-hydroxylation sites is 2. The summed E-state index contributed by atoms with van der Waals surface area (Å²) >= 11 is 0. The lowest BCUT2D eigenvalue weighted by atomic mass is 10.1. The number of hydrogen-bond donors (Lipinski definition) is 0. The molecule has 152 valence electrons. The van der Waals surface area contributed by atoms with Gasteiger partial charge in [-0.3, -0.25) is 9.69 Å². The fourth-order valence-corrected chi connectivity index (χ4v) is 3.37. The van der Waals surface area contributed by atoms with E-state index in [0.29, 0.717) is 37.7 Å². The summed E-state index contributed by atoms with van der Waals surface area (Å²) in [5.74, 6) is 1.49. The summed E-state index contributed by atoms with van der Waals surface area (Å²) < 4.78 is 11.1. The fraction of sp³-hybridized carbons (Fsp3) is 0.292. The minimum atomic E-state index is 0.0728. The molecule has 29 heavy (non-hydrogen) atoms. The molecule has 0 aliphatic rings.